The van der Waals surface area contributed by atoms with Gasteiger partial charge in [0.15, 0.2) is 0 Å². The molecule has 0 aliphatic heterocycles. The van der Waals surface area contributed by atoms with Gasteiger partial charge in [-0.2, -0.15) is 0 Å². The fourth-order valence-electron chi connectivity index (χ4n) is 1.54. The maximum absolute atomic E-state index is 5.92. The molecule has 2 N–H and O–H groups in total. The van der Waals surface area contributed by atoms with E-state index in [0.29, 0.717) is 0 Å². The monoisotopic (exact) mass is 248 g/mol. The van der Waals surface area contributed by atoms with Gasteiger partial charge in [0.1, 0.15) is 11.4 Å². The molecule has 0 spiro atoms. The molecule has 90 valence electrons. The highest BCUT2D eigenvalue weighted by Crippen LogP contribution is 2.22. The summed E-state index contributed by atoms with van der Waals surface area (Å²) in [5, 5.41) is 3.09. The second-order valence-electron chi connectivity index (χ2n) is 3.99. The lowest BCUT2D eigenvalue weighted by atomic mass is 10.2. The molecular formula is C12H16N4S. The van der Waals surface area contributed by atoms with E-state index >= 15 is 0 Å². The molecule has 2 rings (SSSR count). The Hall–Kier alpha value is -1.33. The van der Waals surface area contributed by atoms with Crippen molar-refractivity contribution in [2.24, 2.45) is 5.73 Å². The van der Waals surface area contributed by atoms with Gasteiger partial charge < -0.3 is 5.73 Å². The molecule has 0 aromatic carbocycles. The molecule has 0 amide bonds. The van der Waals surface area contributed by atoms with Crippen LogP contribution in [-0.4, -0.2) is 21.0 Å². The molecular weight excluding hydrogens is 232 g/mol. The van der Waals surface area contributed by atoms with E-state index < -0.39 is 0 Å². The highest BCUT2D eigenvalue weighted by atomic mass is 32.1. The minimum Gasteiger partial charge on any atom is -0.327 e. The van der Waals surface area contributed by atoms with Crippen molar-refractivity contribution in [2.45, 2.75) is 32.7 Å². The van der Waals surface area contributed by atoms with Gasteiger partial charge in [0.05, 0.1) is 10.7 Å². The molecule has 2 aromatic rings. The summed E-state index contributed by atoms with van der Waals surface area (Å²) in [5.41, 5.74) is 8.59. The molecule has 5 heteroatoms. The second kappa shape index (κ2) is 5.33. The van der Waals surface area contributed by atoms with Crippen LogP contribution in [0.3, 0.4) is 0 Å². The van der Waals surface area contributed by atoms with Crippen molar-refractivity contribution in [1.29, 1.82) is 0 Å². The van der Waals surface area contributed by atoms with Gasteiger partial charge in [-0.25, -0.2) is 4.98 Å². The third-order valence-corrected chi connectivity index (χ3v) is 3.51. The summed E-state index contributed by atoms with van der Waals surface area (Å²) < 4.78 is 0. The van der Waals surface area contributed by atoms with Gasteiger partial charge in [-0.15, -0.1) is 11.3 Å². The first kappa shape index (κ1) is 12.1. The molecule has 0 fully saturated rings. The van der Waals surface area contributed by atoms with Crippen LogP contribution in [0.4, 0.5) is 0 Å². The number of nitrogens with two attached hydrogens (primary N) is 1. The predicted molar refractivity (Wildman–Crippen MR) is 69.8 cm³/mol. The van der Waals surface area contributed by atoms with Crippen LogP contribution >= 0.6 is 11.3 Å². The van der Waals surface area contributed by atoms with E-state index in [2.05, 4.69) is 21.9 Å². The van der Waals surface area contributed by atoms with Gasteiger partial charge in [0.25, 0.3) is 0 Å². The number of hydrogen-bond acceptors (Lipinski definition) is 5. The third-order valence-electron chi connectivity index (χ3n) is 2.64. The maximum Gasteiger partial charge on any atom is 0.111 e. The zero-order valence-electron chi connectivity index (χ0n) is 10.1. The Morgan fingerprint density at radius 1 is 1.35 bits per heavy atom. The minimum absolute atomic E-state index is 0.192. The molecule has 0 aliphatic rings. The van der Waals surface area contributed by atoms with Gasteiger partial charge in [-0.3, -0.25) is 9.97 Å². The van der Waals surface area contributed by atoms with E-state index in [1.165, 1.54) is 0 Å². The summed E-state index contributed by atoms with van der Waals surface area (Å²) in [6, 6.07) is 0.192. The molecule has 1 unspecified atom stereocenters. The van der Waals surface area contributed by atoms with Crippen molar-refractivity contribution in [1.82, 2.24) is 15.0 Å². The highest BCUT2D eigenvalue weighted by molar-refractivity contribution is 7.09. The van der Waals surface area contributed by atoms with Gasteiger partial charge in [-0.05, 0) is 13.3 Å². The topological polar surface area (TPSA) is 64.7 Å². The highest BCUT2D eigenvalue weighted by Gasteiger charge is 2.10. The molecule has 4 nitrogen and oxygen atoms in total. The summed E-state index contributed by atoms with van der Waals surface area (Å²) in [6.07, 6.45) is 5.19. The summed E-state index contributed by atoms with van der Waals surface area (Å²) in [6.45, 7) is 4.03. The fraction of sp³-hybridized carbons (Fsp3) is 0.417. The van der Waals surface area contributed by atoms with Crippen LogP contribution in [0.2, 0.25) is 0 Å². The predicted octanol–water partition coefficient (Wildman–Crippen LogP) is 2.19. The summed E-state index contributed by atoms with van der Waals surface area (Å²) >= 11 is 1.64. The number of nitrogens with zero attached hydrogens (tertiary/aromatic N) is 3. The third kappa shape index (κ3) is 2.87. The Balaban J connectivity index is 2.21. The SMILES string of the molecule is CCC(N)Cc1nc(-c2nccnc2C)cs1. The minimum atomic E-state index is 0.192. The molecule has 0 aliphatic carbocycles. The zero-order valence-corrected chi connectivity index (χ0v) is 10.9. The van der Waals surface area contributed by atoms with E-state index in [9.17, 15) is 0 Å². The molecule has 0 saturated carbocycles. The molecule has 17 heavy (non-hydrogen) atoms. The van der Waals surface area contributed by atoms with Crippen molar-refractivity contribution in [3.8, 4) is 11.4 Å². The van der Waals surface area contributed by atoms with Crippen molar-refractivity contribution >= 4 is 11.3 Å². The largest absolute Gasteiger partial charge is 0.327 e. The van der Waals surface area contributed by atoms with Crippen molar-refractivity contribution in [3.63, 3.8) is 0 Å². The Kier molecular flexibility index (Phi) is 3.81. The molecule has 0 radical (unpaired) electrons. The Morgan fingerprint density at radius 2 is 2.12 bits per heavy atom. The normalized spacial score (nSPS) is 12.6. The van der Waals surface area contributed by atoms with Crippen molar-refractivity contribution in [2.75, 3.05) is 0 Å². The number of aryl methyl sites for hydroxylation is 1. The molecule has 0 saturated heterocycles. The number of hydrogen-bond donors (Lipinski definition) is 1. The maximum atomic E-state index is 5.92. The van der Waals surface area contributed by atoms with Gasteiger partial charge >= 0.3 is 0 Å². The van der Waals surface area contributed by atoms with Crippen LogP contribution in [-0.2, 0) is 6.42 Å². The number of aromatic nitrogens is 3. The van der Waals surface area contributed by atoms with Gasteiger partial charge in [0.2, 0.25) is 0 Å². The van der Waals surface area contributed by atoms with E-state index in [-0.39, 0.29) is 6.04 Å². The zero-order chi connectivity index (χ0) is 12.3. The first-order chi connectivity index (χ1) is 8.20. The first-order valence-electron chi connectivity index (χ1n) is 5.68. The lowest BCUT2D eigenvalue weighted by Crippen LogP contribution is -2.21. The Morgan fingerprint density at radius 3 is 2.82 bits per heavy atom. The first-order valence-corrected chi connectivity index (χ1v) is 6.56. The number of rotatable bonds is 4. The molecule has 1 atom stereocenters. The average Bonchev–Trinajstić information content (AvgIpc) is 2.78. The smallest absolute Gasteiger partial charge is 0.111 e. The van der Waals surface area contributed by atoms with Crippen LogP contribution in [0, 0.1) is 6.92 Å². The molecule has 2 heterocycles. The second-order valence-corrected chi connectivity index (χ2v) is 4.93. The summed E-state index contributed by atoms with van der Waals surface area (Å²) in [7, 11) is 0. The fourth-order valence-corrected chi connectivity index (χ4v) is 2.41. The van der Waals surface area contributed by atoms with Crippen LogP contribution in [0.5, 0.6) is 0 Å². The van der Waals surface area contributed by atoms with Crippen molar-refractivity contribution < 1.29 is 0 Å². The van der Waals surface area contributed by atoms with Gasteiger partial charge in [-0.1, -0.05) is 6.92 Å². The van der Waals surface area contributed by atoms with E-state index in [4.69, 9.17) is 5.73 Å². The summed E-state index contributed by atoms with van der Waals surface area (Å²) in [5.74, 6) is 0. The average molecular weight is 248 g/mol. The number of thiazole rings is 1. The Bertz CT molecular complexity index is 495. The van der Waals surface area contributed by atoms with Gasteiger partial charge in [0, 0.05) is 30.2 Å². The van der Waals surface area contributed by atoms with Crippen molar-refractivity contribution in [3.05, 3.63) is 28.5 Å². The summed E-state index contributed by atoms with van der Waals surface area (Å²) in [4.78, 5) is 13.1. The Labute approximate surface area is 105 Å². The van der Waals surface area contributed by atoms with Crippen LogP contribution < -0.4 is 5.73 Å². The van der Waals surface area contributed by atoms with E-state index in [0.717, 1.165) is 34.9 Å². The molecule has 2 aromatic heterocycles. The van der Waals surface area contributed by atoms with E-state index in [1.807, 2.05) is 12.3 Å². The standard InChI is InChI=1S/C12H16N4S/c1-3-9(13)6-11-16-10(7-17-11)12-8(2)14-4-5-15-12/h4-5,7,9H,3,6,13H2,1-2H3. The van der Waals surface area contributed by atoms with Crippen LogP contribution in [0.25, 0.3) is 11.4 Å². The van der Waals surface area contributed by atoms with E-state index in [1.54, 1.807) is 23.7 Å². The lowest BCUT2D eigenvalue weighted by Gasteiger charge is -2.04. The molecule has 0 bridgehead atoms. The van der Waals surface area contributed by atoms with Crippen LogP contribution in [0.15, 0.2) is 17.8 Å². The lowest BCUT2D eigenvalue weighted by molar-refractivity contribution is 0.644. The van der Waals surface area contributed by atoms with Crippen LogP contribution in [0.1, 0.15) is 24.0 Å². The quantitative estimate of drug-likeness (QED) is 0.900.